The topological polar surface area (TPSA) is 52.5 Å². The zero-order valence-electron chi connectivity index (χ0n) is 11.5. The molecule has 0 saturated carbocycles. The maximum Gasteiger partial charge on any atom is 0.225 e. The standard InChI is InChI=1S/C15H18N4O/c1-18-7-9-19(10-8-18)15-16-6-5-14(17-15)12-3-2-4-13(20)11-12/h2-6,11,20H,7-10H2,1H3. The van der Waals surface area contributed by atoms with Crippen LogP contribution in [0.5, 0.6) is 5.75 Å². The van der Waals surface area contributed by atoms with Gasteiger partial charge in [-0.05, 0) is 25.2 Å². The van der Waals surface area contributed by atoms with E-state index in [4.69, 9.17) is 0 Å². The summed E-state index contributed by atoms with van der Waals surface area (Å²) in [5, 5.41) is 9.56. The van der Waals surface area contributed by atoms with Crippen molar-refractivity contribution in [2.24, 2.45) is 0 Å². The van der Waals surface area contributed by atoms with Gasteiger partial charge in [-0.1, -0.05) is 12.1 Å². The lowest BCUT2D eigenvalue weighted by Gasteiger charge is -2.32. The van der Waals surface area contributed by atoms with E-state index in [0.29, 0.717) is 0 Å². The van der Waals surface area contributed by atoms with E-state index in [1.165, 1.54) is 0 Å². The summed E-state index contributed by atoms with van der Waals surface area (Å²) in [5.74, 6) is 1.02. The predicted molar refractivity (Wildman–Crippen MR) is 78.8 cm³/mol. The Kier molecular flexibility index (Phi) is 3.52. The minimum absolute atomic E-state index is 0.252. The van der Waals surface area contributed by atoms with Crippen LogP contribution in [0.15, 0.2) is 36.5 Å². The van der Waals surface area contributed by atoms with Crippen molar-refractivity contribution >= 4 is 5.95 Å². The zero-order chi connectivity index (χ0) is 13.9. The van der Waals surface area contributed by atoms with Crippen LogP contribution in [-0.4, -0.2) is 53.2 Å². The zero-order valence-corrected chi connectivity index (χ0v) is 11.5. The van der Waals surface area contributed by atoms with Crippen molar-refractivity contribution in [3.8, 4) is 17.0 Å². The van der Waals surface area contributed by atoms with Crippen LogP contribution >= 0.6 is 0 Å². The number of likely N-dealkylation sites (N-methyl/N-ethyl adjacent to an activating group) is 1. The van der Waals surface area contributed by atoms with E-state index in [9.17, 15) is 5.11 Å². The molecule has 1 aromatic carbocycles. The minimum Gasteiger partial charge on any atom is -0.508 e. The third-order valence-corrected chi connectivity index (χ3v) is 3.57. The second-order valence-electron chi connectivity index (χ2n) is 5.08. The smallest absolute Gasteiger partial charge is 0.225 e. The summed E-state index contributed by atoms with van der Waals surface area (Å²) in [6.07, 6.45) is 1.78. The Hall–Kier alpha value is -2.14. The molecule has 0 atom stereocenters. The molecule has 20 heavy (non-hydrogen) atoms. The predicted octanol–water partition coefficient (Wildman–Crippen LogP) is 1.60. The van der Waals surface area contributed by atoms with Gasteiger partial charge in [0.05, 0.1) is 5.69 Å². The third kappa shape index (κ3) is 2.72. The molecule has 0 bridgehead atoms. The van der Waals surface area contributed by atoms with Crippen LogP contribution in [0.4, 0.5) is 5.95 Å². The van der Waals surface area contributed by atoms with E-state index in [-0.39, 0.29) is 5.75 Å². The molecule has 0 aliphatic carbocycles. The van der Waals surface area contributed by atoms with Gasteiger partial charge < -0.3 is 14.9 Å². The summed E-state index contributed by atoms with van der Waals surface area (Å²) < 4.78 is 0. The Bertz CT molecular complexity index is 594. The first-order valence-electron chi connectivity index (χ1n) is 6.78. The molecular formula is C15H18N4O. The van der Waals surface area contributed by atoms with Crippen LogP contribution < -0.4 is 4.90 Å². The van der Waals surface area contributed by atoms with E-state index in [1.54, 1.807) is 18.3 Å². The first-order chi connectivity index (χ1) is 9.72. The Morgan fingerprint density at radius 3 is 2.65 bits per heavy atom. The number of hydrogen-bond acceptors (Lipinski definition) is 5. The van der Waals surface area contributed by atoms with Gasteiger partial charge in [0, 0.05) is 37.9 Å². The fraction of sp³-hybridized carbons (Fsp3) is 0.333. The fourth-order valence-electron chi connectivity index (χ4n) is 2.33. The largest absolute Gasteiger partial charge is 0.508 e. The highest BCUT2D eigenvalue weighted by atomic mass is 16.3. The molecule has 104 valence electrons. The van der Waals surface area contributed by atoms with Crippen LogP contribution in [0.2, 0.25) is 0 Å². The minimum atomic E-state index is 0.252. The van der Waals surface area contributed by atoms with Gasteiger partial charge in [0.15, 0.2) is 0 Å². The van der Waals surface area contributed by atoms with E-state index >= 15 is 0 Å². The first-order valence-corrected chi connectivity index (χ1v) is 6.78. The molecule has 0 spiro atoms. The lowest BCUT2D eigenvalue weighted by Crippen LogP contribution is -2.45. The number of aromatic nitrogens is 2. The van der Waals surface area contributed by atoms with Crippen molar-refractivity contribution < 1.29 is 5.11 Å². The molecule has 2 aromatic rings. The Morgan fingerprint density at radius 2 is 1.90 bits per heavy atom. The fourth-order valence-corrected chi connectivity index (χ4v) is 2.33. The number of phenolic OH excluding ortho intramolecular Hbond substituents is 1. The van der Waals surface area contributed by atoms with Gasteiger partial charge in [0.2, 0.25) is 5.95 Å². The number of phenols is 1. The van der Waals surface area contributed by atoms with E-state index in [0.717, 1.165) is 43.4 Å². The van der Waals surface area contributed by atoms with Gasteiger partial charge >= 0.3 is 0 Å². The van der Waals surface area contributed by atoms with Crippen molar-refractivity contribution in [2.45, 2.75) is 0 Å². The Labute approximate surface area is 118 Å². The maximum atomic E-state index is 9.56. The highest BCUT2D eigenvalue weighted by Gasteiger charge is 2.16. The van der Waals surface area contributed by atoms with Gasteiger partial charge in [-0.25, -0.2) is 9.97 Å². The molecular weight excluding hydrogens is 252 g/mol. The number of benzene rings is 1. The van der Waals surface area contributed by atoms with Gasteiger partial charge in [0.1, 0.15) is 5.75 Å². The summed E-state index contributed by atoms with van der Waals surface area (Å²) in [6, 6.07) is 9.01. The van der Waals surface area contributed by atoms with Crippen molar-refractivity contribution in [3.05, 3.63) is 36.5 Å². The number of rotatable bonds is 2. The summed E-state index contributed by atoms with van der Waals surface area (Å²) in [5.41, 5.74) is 1.74. The molecule has 5 nitrogen and oxygen atoms in total. The summed E-state index contributed by atoms with van der Waals surface area (Å²) in [6.45, 7) is 3.94. The lowest BCUT2D eigenvalue weighted by molar-refractivity contribution is 0.311. The number of hydrogen-bond donors (Lipinski definition) is 1. The number of nitrogens with zero attached hydrogens (tertiary/aromatic N) is 4. The molecule has 1 N–H and O–H groups in total. The molecule has 0 amide bonds. The van der Waals surface area contributed by atoms with Crippen LogP contribution in [0.1, 0.15) is 0 Å². The number of anilines is 1. The summed E-state index contributed by atoms with van der Waals surface area (Å²) in [4.78, 5) is 13.5. The van der Waals surface area contributed by atoms with E-state index < -0.39 is 0 Å². The SMILES string of the molecule is CN1CCN(c2nccc(-c3cccc(O)c3)n2)CC1. The van der Waals surface area contributed by atoms with Crippen molar-refractivity contribution in [2.75, 3.05) is 38.1 Å². The lowest BCUT2D eigenvalue weighted by atomic mass is 10.1. The average molecular weight is 270 g/mol. The Balaban J connectivity index is 1.86. The molecule has 5 heteroatoms. The van der Waals surface area contributed by atoms with Crippen LogP contribution in [0.3, 0.4) is 0 Å². The monoisotopic (exact) mass is 270 g/mol. The van der Waals surface area contributed by atoms with Crippen LogP contribution in [0.25, 0.3) is 11.3 Å². The summed E-state index contributed by atoms with van der Waals surface area (Å²) >= 11 is 0. The van der Waals surface area contributed by atoms with E-state index in [1.807, 2.05) is 18.2 Å². The number of aromatic hydroxyl groups is 1. The van der Waals surface area contributed by atoms with Gasteiger partial charge in [0.25, 0.3) is 0 Å². The highest BCUT2D eigenvalue weighted by molar-refractivity contribution is 5.61. The second kappa shape index (κ2) is 5.46. The molecule has 1 saturated heterocycles. The average Bonchev–Trinajstić information content (AvgIpc) is 2.48. The Morgan fingerprint density at radius 1 is 1.10 bits per heavy atom. The van der Waals surface area contributed by atoms with Crippen molar-refractivity contribution in [1.29, 1.82) is 0 Å². The second-order valence-corrected chi connectivity index (χ2v) is 5.08. The molecule has 1 aliphatic rings. The molecule has 1 aliphatic heterocycles. The third-order valence-electron chi connectivity index (χ3n) is 3.57. The molecule has 1 fully saturated rings. The summed E-state index contributed by atoms with van der Waals surface area (Å²) in [7, 11) is 2.13. The normalized spacial score (nSPS) is 16.4. The molecule has 3 rings (SSSR count). The molecule has 0 radical (unpaired) electrons. The quantitative estimate of drug-likeness (QED) is 0.898. The van der Waals surface area contributed by atoms with Gasteiger partial charge in [-0.3, -0.25) is 0 Å². The van der Waals surface area contributed by atoms with E-state index in [2.05, 4.69) is 26.8 Å². The molecule has 2 heterocycles. The van der Waals surface area contributed by atoms with Crippen LogP contribution in [-0.2, 0) is 0 Å². The highest BCUT2D eigenvalue weighted by Crippen LogP contribution is 2.22. The maximum absolute atomic E-state index is 9.56. The number of piperazine rings is 1. The van der Waals surface area contributed by atoms with Gasteiger partial charge in [-0.2, -0.15) is 0 Å². The molecule has 1 aromatic heterocycles. The first kappa shape index (κ1) is 12.9. The van der Waals surface area contributed by atoms with Crippen molar-refractivity contribution in [3.63, 3.8) is 0 Å². The molecule has 0 unspecified atom stereocenters. The van der Waals surface area contributed by atoms with Crippen LogP contribution in [0, 0.1) is 0 Å². The van der Waals surface area contributed by atoms with Crippen molar-refractivity contribution in [1.82, 2.24) is 14.9 Å². The van der Waals surface area contributed by atoms with Gasteiger partial charge in [-0.15, -0.1) is 0 Å².